The fraction of sp³-hybridized carbons (Fsp3) is 0.122. The lowest BCUT2D eigenvalue weighted by Gasteiger charge is -2.09. The minimum absolute atomic E-state index is 0.0322. The molecule has 1 saturated carbocycles. The van der Waals surface area contributed by atoms with Crippen molar-refractivity contribution < 1.29 is 14.4 Å². The first-order chi connectivity index (χ1) is 53.3. The Morgan fingerprint density at radius 3 is 1.10 bits per heavy atom. The molecule has 0 saturated heterocycles. The van der Waals surface area contributed by atoms with E-state index >= 15 is 0 Å². The van der Waals surface area contributed by atoms with E-state index < -0.39 is 0 Å². The van der Waals surface area contributed by atoms with Crippen LogP contribution in [0.2, 0.25) is 0 Å². The Morgan fingerprint density at radius 1 is 0.394 bits per heavy atom. The lowest BCUT2D eigenvalue weighted by Crippen LogP contribution is -2.17. The molecule has 27 nitrogen and oxygen atoms in total. The number of pyridine rings is 9. The van der Waals surface area contributed by atoms with Crippen LogP contribution in [0.3, 0.4) is 0 Å². The Morgan fingerprint density at radius 2 is 0.752 bits per heavy atom. The van der Waals surface area contributed by atoms with Crippen molar-refractivity contribution in [3.05, 3.63) is 220 Å². The molecule has 27 heteroatoms. The molecule has 0 unspecified atom stereocenters. The van der Waals surface area contributed by atoms with Gasteiger partial charge in [0.1, 0.15) is 17.1 Å². The summed E-state index contributed by atoms with van der Waals surface area (Å²) in [6.07, 6.45) is 28.6. The molecular formula is C82H66N24O3. The smallest absolute Gasteiger partial charge is 0.227 e. The van der Waals surface area contributed by atoms with E-state index in [1.54, 1.807) is 74.4 Å². The van der Waals surface area contributed by atoms with Gasteiger partial charge in [-0.05, 0) is 91.6 Å². The maximum absolute atomic E-state index is 12.2. The molecule has 9 N–H and O–H groups in total. The number of carbonyl (C=O) groups is 3. The maximum Gasteiger partial charge on any atom is 0.227 e. The van der Waals surface area contributed by atoms with Gasteiger partial charge in [0, 0.05) is 159 Å². The number of nitrogens with one attached hydrogen (secondary N) is 9. The monoisotopic (exact) mass is 1430 g/mol. The number of H-pyrrole nitrogens is 6. The van der Waals surface area contributed by atoms with Crippen molar-refractivity contribution in [3.63, 3.8) is 0 Å². The van der Waals surface area contributed by atoms with Gasteiger partial charge in [-0.15, -0.1) is 0 Å². The molecule has 0 radical (unpaired) electrons. The lowest BCUT2D eigenvalue weighted by atomic mass is 10.1. The van der Waals surface area contributed by atoms with Crippen LogP contribution in [0.1, 0.15) is 47.0 Å². The Kier molecular flexibility index (Phi) is 18.0. The van der Waals surface area contributed by atoms with Gasteiger partial charge in [-0.1, -0.05) is 82.3 Å². The highest BCUT2D eigenvalue weighted by atomic mass is 16.2. The van der Waals surface area contributed by atoms with Crippen LogP contribution in [0.4, 0.5) is 17.1 Å². The summed E-state index contributed by atoms with van der Waals surface area (Å²) < 4.78 is 0. The molecule has 109 heavy (non-hydrogen) atoms. The van der Waals surface area contributed by atoms with E-state index in [-0.39, 0.29) is 35.5 Å². The van der Waals surface area contributed by atoms with E-state index in [9.17, 15) is 14.4 Å². The third-order valence-corrected chi connectivity index (χ3v) is 18.5. The molecule has 0 bridgehead atoms. The molecule has 19 rings (SSSR count). The van der Waals surface area contributed by atoms with Crippen molar-refractivity contribution in [1.82, 2.24) is 105 Å². The number of anilines is 3. The number of fused-ring (bicyclic) bond motifs is 6. The largest absolute Gasteiger partial charge is 0.337 e. The molecule has 1 aliphatic rings. The van der Waals surface area contributed by atoms with Gasteiger partial charge in [-0.2, -0.15) is 15.3 Å². The highest BCUT2D eigenvalue weighted by Gasteiger charge is 2.30. The van der Waals surface area contributed by atoms with Crippen molar-refractivity contribution >= 4 is 101 Å². The number of aromatic nitrogens is 21. The molecule has 0 atom stereocenters. The second-order valence-electron chi connectivity index (χ2n) is 27.1. The number of amides is 3. The summed E-state index contributed by atoms with van der Waals surface area (Å²) in [5.74, 6) is 2.25. The van der Waals surface area contributed by atoms with Crippen LogP contribution >= 0.6 is 0 Å². The SMILES string of the molecule is CC(C)C(=O)Nc1cncc(-c2cnc3n[nH]c(-c4nc5c(-c6cccnc6)cccc5[nH]4)c3c2)c1.CC(C)CC(=O)Nc1cncc(-c2cnc3n[nH]c(-c4nc5c(-c6cccnc6)cccc5[nH]4)c3c2)c1.O=C(Nc1cncc(-c2cnc3n[nH]c(-c4nc5c(-c6cccnc6)cccc5[nH]4)c3c2)c1)C1CC1. The summed E-state index contributed by atoms with van der Waals surface area (Å²) in [5.41, 5.74) is 22.4. The number of hydrogen-bond donors (Lipinski definition) is 9. The first kappa shape index (κ1) is 67.4. The van der Waals surface area contributed by atoms with Gasteiger partial charge in [0.05, 0.1) is 84.9 Å². The lowest BCUT2D eigenvalue weighted by molar-refractivity contribution is -0.119. The standard InChI is InChI=1S/C28H24N8O.C27H20N8O.C27H22N8O/c1-16(2)9-24(37)32-20-10-18(13-30-15-20)19-11-22-26(35-36-27(22)31-14-19)28-33-23-7-3-6-21(25(23)34-28)17-5-4-8-29-12-17;36-27(15-6-7-15)31-19-9-17(12-29-14-19)18-10-21-24(34-35-25(21)30-13-18)26-32-22-5-1-4-20(23(22)33-26)16-3-2-8-28-11-16;1-15(2)27(36)31-19-9-17(12-29-14-19)18-10-21-24(34-35-25(21)30-13-18)26-32-22-7-3-6-20(23(22)33-26)16-5-4-8-28-11-16/h3-8,10-16H,9H2,1-2H3,(H,32,37)(H,33,34)(H,31,35,36);1-5,8-15H,6-7H2,(H,31,36)(H,32,33)(H,30,34,35);3-15H,1-2H3,(H,31,36)(H,32,33)(H,30,34,35). The van der Waals surface area contributed by atoms with Crippen molar-refractivity contribution in [2.45, 2.75) is 47.0 Å². The number of carbonyl (C=O) groups excluding carboxylic acids is 3. The van der Waals surface area contributed by atoms with Crippen LogP contribution in [0.25, 0.3) is 168 Å². The second-order valence-corrected chi connectivity index (χ2v) is 27.1. The van der Waals surface area contributed by atoms with Crippen molar-refractivity contribution in [3.8, 4) is 101 Å². The summed E-state index contributed by atoms with van der Waals surface area (Å²) in [7, 11) is 0. The maximum atomic E-state index is 12.2. The molecule has 15 heterocycles. The van der Waals surface area contributed by atoms with Gasteiger partial charge in [0.25, 0.3) is 0 Å². The number of para-hydroxylation sites is 3. The van der Waals surface area contributed by atoms with Gasteiger partial charge in [0.2, 0.25) is 17.7 Å². The first-order valence-corrected chi connectivity index (χ1v) is 35.3. The van der Waals surface area contributed by atoms with Crippen molar-refractivity contribution in [2.24, 2.45) is 17.8 Å². The third kappa shape index (κ3) is 14.1. The zero-order valence-corrected chi connectivity index (χ0v) is 59.1. The van der Waals surface area contributed by atoms with Gasteiger partial charge in [-0.25, -0.2) is 29.9 Å². The predicted molar refractivity (Wildman–Crippen MR) is 419 cm³/mol. The van der Waals surface area contributed by atoms with E-state index in [0.717, 1.165) is 146 Å². The second kappa shape index (κ2) is 29.1. The van der Waals surface area contributed by atoms with Crippen LogP contribution in [0.5, 0.6) is 0 Å². The van der Waals surface area contributed by atoms with Gasteiger partial charge in [0.15, 0.2) is 34.4 Å². The summed E-state index contributed by atoms with van der Waals surface area (Å²) in [4.78, 5) is 101. The number of aromatic amines is 6. The molecule has 1 fully saturated rings. The normalized spacial score (nSPS) is 12.1. The quantitative estimate of drug-likeness (QED) is 0.0434. The fourth-order valence-corrected chi connectivity index (χ4v) is 12.9. The number of benzene rings is 3. The zero-order valence-electron chi connectivity index (χ0n) is 59.1. The number of nitrogens with zero attached hydrogens (tertiary/aromatic N) is 15. The molecular weight excluding hydrogens is 1370 g/mol. The van der Waals surface area contributed by atoms with Crippen LogP contribution in [-0.4, -0.2) is 123 Å². The zero-order chi connectivity index (χ0) is 74.1. The Bertz CT molecular complexity index is 6190. The van der Waals surface area contributed by atoms with E-state index in [2.05, 4.69) is 106 Å². The predicted octanol–water partition coefficient (Wildman–Crippen LogP) is 15.8. The number of rotatable bonds is 16. The highest BCUT2D eigenvalue weighted by Crippen LogP contribution is 2.38. The van der Waals surface area contributed by atoms with Crippen LogP contribution < -0.4 is 16.0 Å². The third-order valence-electron chi connectivity index (χ3n) is 18.5. The van der Waals surface area contributed by atoms with Crippen molar-refractivity contribution in [1.29, 1.82) is 0 Å². The highest BCUT2D eigenvalue weighted by molar-refractivity contribution is 6.02. The van der Waals surface area contributed by atoms with Crippen LogP contribution in [-0.2, 0) is 14.4 Å². The summed E-state index contributed by atoms with van der Waals surface area (Å²) in [6, 6.07) is 41.6. The minimum atomic E-state index is -0.123. The molecule has 15 aromatic heterocycles. The molecule has 0 spiro atoms. The fourth-order valence-electron chi connectivity index (χ4n) is 12.9. The average molecular weight is 1440 g/mol. The Balaban J connectivity index is 0.000000119. The number of imidazole rings is 3. The van der Waals surface area contributed by atoms with Gasteiger partial charge in [-0.3, -0.25) is 59.6 Å². The van der Waals surface area contributed by atoms with E-state index in [4.69, 9.17) is 15.0 Å². The topological polar surface area (TPSA) is 375 Å². The van der Waals surface area contributed by atoms with Gasteiger partial charge >= 0.3 is 0 Å². The Labute approximate surface area is 619 Å². The molecule has 0 aliphatic heterocycles. The molecule has 18 aromatic rings. The van der Waals surface area contributed by atoms with E-state index in [1.165, 1.54) is 0 Å². The van der Waals surface area contributed by atoms with E-state index in [1.807, 2.05) is 174 Å². The molecule has 3 amide bonds. The van der Waals surface area contributed by atoms with Crippen LogP contribution in [0.15, 0.2) is 220 Å². The van der Waals surface area contributed by atoms with Crippen molar-refractivity contribution in [2.75, 3.05) is 16.0 Å². The minimum Gasteiger partial charge on any atom is -0.337 e. The summed E-state index contributed by atoms with van der Waals surface area (Å²) in [5, 5.41) is 33.7. The molecule has 1 aliphatic carbocycles. The van der Waals surface area contributed by atoms with Gasteiger partial charge < -0.3 is 30.9 Å². The first-order valence-electron chi connectivity index (χ1n) is 35.3. The summed E-state index contributed by atoms with van der Waals surface area (Å²) in [6.45, 7) is 7.73. The Hall–Kier alpha value is -14.8. The van der Waals surface area contributed by atoms with Crippen LogP contribution in [0, 0.1) is 17.8 Å². The summed E-state index contributed by atoms with van der Waals surface area (Å²) >= 11 is 0. The van der Waals surface area contributed by atoms with E-state index in [0.29, 0.717) is 57.9 Å². The number of hydrogen-bond acceptors (Lipinski definition) is 18. The molecule has 532 valence electrons. The molecule has 3 aromatic carbocycles. The average Bonchev–Trinajstić information content (AvgIpc) is 1.64.